The second kappa shape index (κ2) is 9.48. The first-order valence-electron chi connectivity index (χ1n) is 7.77. The number of hydrogen-bond donors (Lipinski definition) is 2. The van der Waals surface area contributed by atoms with Crippen LogP contribution in [0.15, 0.2) is 28.6 Å². The number of aromatic nitrogens is 2. The molecule has 1 atom stereocenters. The maximum Gasteiger partial charge on any atom is 0.233 e. The van der Waals surface area contributed by atoms with E-state index in [0.717, 1.165) is 33.7 Å². The van der Waals surface area contributed by atoms with Crippen LogP contribution >= 0.6 is 23.1 Å². The molecular formula is C16H22N4O2S2. The van der Waals surface area contributed by atoms with E-state index in [2.05, 4.69) is 20.8 Å². The highest BCUT2D eigenvalue weighted by molar-refractivity contribution is 8.02. The van der Waals surface area contributed by atoms with Gasteiger partial charge in [-0.05, 0) is 38.0 Å². The number of anilines is 1. The highest BCUT2D eigenvalue weighted by Gasteiger charge is 2.16. The topological polar surface area (TPSA) is 76.1 Å². The Morgan fingerprint density at radius 3 is 2.75 bits per heavy atom. The zero-order valence-corrected chi connectivity index (χ0v) is 15.7. The number of methoxy groups -OCH3 is 1. The van der Waals surface area contributed by atoms with E-state index in [4.69, 9.17) is 4.74 Å². The summed E-state index contributed by atoms with van der Waals surface area (Å²) in [5, 5.41) is 14.8. The van der Waals surface area contributed by atoms with E-state index in [0.29, 0.717) is 6.54 Å². The Labute approximate surface area is 150 Å². The fourth-order valence-corrected chi connectivity index (χ4v) is 3.94. The van der Waals surface area contributed by atoms with Gasteiger partial charge in [0.2, 0.25) is 11.0 Å². The average molecular weight is 367 g/mol. The maximum atomic E-state index is 12.2. The molecule has 0 saturated heterocycles. The quantitative estimate of drug-likeness (QED) is 0.665. The van der Waals surface area contributed by atoms with Crippen molar-refractivity contribution in [3.05, 3.63) is 29.8 Å². The summed E-state index contributed by atoms with van der Waals surface area (Å²) < 4.78 is 5.93. The van der Waals surface area contributed by atoms with E-state index < -0.39 is 0 Å². The highest BCUT2D eigenvalue weighted by Crippen LogP contribution is 2.28. The van der Waals surface area contributed by atoms with Crippen molar-refractivity contribution in [1.82, 2.24) is 15.5 Å². The second-order valence-corrected chi connectivity index (χ2v) is 7.62. The van der Waals surface area contributed by atoms with Crippen molar-refractivity contribution in [2.24, 2.45) is 0 Å². The van der Waals surface area contributed by atoms with Crippen LogP contribution < -0.4 is 15.4 Å². The normalized spacial score (nSPS) is 11.8. The van der Waals surface area contributed by atoms with Gasteiger partial charge in [-0.25, -0.2) is 0 Å². The third-order valence-corrected chi connectivity index (χ3v) is 5.32. The molecule has 130 valence electrons. The van der Waals surface area contributed by atoms with Crippen molar-refractivity contribution >= 4 is 34.1 Å². The van der Waals surface area contributed by atoms with Crippen LogP contribution in [-0.4, -0.2) is 41.6 Å². The van der Waals surface area contributed by atoms with E-state index in [1.54, 1.807) is 7.11 Å². The average Bonchev–Trinajstić information content (AvgIpc) is 3.02. The summed E-state index contributed by atoms with van der Waals surface area (Å²) >= 11 is 2.89. The Kier molecular flexibility index (Phi) is 7.33. The Hall–Kier alpha value is -1.80. The van der Waals surface area contributed by atoms with Crippen LogP contribution in [0, 0.1) is 0 Å². The Bertz CT molecular complexity index is 646. The van der Waals surface area contributed by atoms with E-state index >= 15 is 0 Å². The fourth-order valence-electron chi connectivity index (χ4n) is 1.95. The maximum absolute atomic E-state index is 12.2. The number of carbonyl (C=O) groups is 1. The summed E-state index contributed by atoms with van der Waals surface area (Å²) in [5.41, 5.74) is 1.16. The number of rotatable bonds is 9. The molecule has 0 aliphatic rings. The Balaban J connectivity index is 1.74. The summed E-state index contributed by atoms with van der Waals surface area (Å²) in [6.07, 6.45) is 0.788. The van der Waals surface area contributed by atoms with Gasteiger partial charge in [-0.2, -0.15) is 0 Å². The predicted molar refractivity (Wildman–Crippen MR) is 99.1 cm³/mol. The summed E-state index contributed by atoms with van der Waals surface area (Å²) in [6.45, 7) is 5.30. The number of carbonyl (C=O) groups excluding carboxylic acids is 1. The van der Waals surface area contributed by atoms with Gasteiger partial charge in [0.05, 0.1) is 12.4 Å². The number of nitrogens with zero attached hydrogens (tertiary/aromatic N) is 2. The minimum absolute atomic E-state index is 0.00807. The molecule has 0 spiro atoms. The molecule has 0 aliphatic heterocycles. The first-order chi connectivity index (χ1) is 11.6. The summed E-state index contributed by atoms with van der Waals surface area (Å²) in [4.78, 5) is 12.2. The molecule has 2 aromatic rings. The van der Waals surface area contributed by atoms with Crippen LogP contribution in [0.25, 0.3) is 0 Å². The molecular weight excluding hydrogens is 344 g/mol. The first-order valence-corrected chi connectivity index (χ1v) is 9.46. The minimum Gasteiger partial charge on any atom is -0.497 e. The zero-order chi connectivity index (χ0) is 17.4. The van der Waals surface area contributed by atoms with Gasteiger partial charge < -0.3 is 15.4 Å². The van der Waals surface area contributed by atoms with Crippen LogP contribution in [0.5, 0.6) is 5.75 Å². The van der Waals surface area contributed by atoms with Gasteiger partial charge in [0.15, 0.2) is 4.34 Å². The molecule has 1 aromatic carbocycles. The molecule has 1 heterocycles. The molecule has 1 aromatic heterocycles. The molecule has 0 saturated carbocycles. The lowest BCUT2D eigenvalue weighted by molar-refractivity contribution is -0.120. The molecule has 1 amide bonds. The van der Waals surface area contributed by atoms with Crippen LogP contribution in [0.2, 0.25) is 0 Å². The lowest BCUT2D eigenvalue weighted by atomic mass is 10.1. The van der Waals surface area contributed by atoms with Crippen LogP contribution in [0.4, 0.5) is 5.13 Å². The molecule has 2 rings (SSSR count). The Morgan fingerprint density at radius 1 is 1.33 bits per heavy atom. The monoisotopic (exact) mass is 366 g/mol. The SMILES string of the molecule is CCNc1nnc(S[C@H](C)C(=O)NCCc2ccc(OC)cc2)s1. The largest absolute Gasteiger partial charge is 0.497 e. The van der Waals surface area contributed by atoms with E-state index in [1.807, 2.05) is 38.1 Å². The third kappa shape index (κ3) is 5.68. The van der Waals surface area contributed by atoms with Crippen molar-refractivity contribution in [3.63, 3.8) is 0 Å². The highest BCUT2D eigenvalue weighted by atomic mass is 32.2. The van der Waals surface area contributed by atoms with Gasteiger partial charge in [-0.15, -0.1) is 10.2 Å². The molecule has 0 fully saturated rings. The van der Waals surface area contributed by atoms with Crippen LogP contribution in [0.1, 0.15) is 19.4 Å². The van der Waals surface area contributed by atoms with Crippen molar-refractivity contribution in [2.75, 3.05) is 25.5 Å². The van der Waals surface area contributed by atoms with Gasteiger partial charge in [0.25, 0.3) is 0 Å². The van der Waals surface area contributed by atoms with E-state index in [1.165, 1.54) is 23.1 Å². The lowest BCUT2D eigenvalue weighted by Crippen LogP contribution is -2.32. The molecule has 8 heteroatoms. The second-order valence-electron chi connectivity index (χ2n) is 5.05. The van der Waals surface area contributed by atoms with Gasteiger partial charge >= 0.3 is 0 Å². The van der Waals surface area contributed by atoms with Crippen LogP contribution in [0.3, 0.4) is 0 Å². The van der Waals surface area contributed by atoms with Gasteiger partial charge in [0.1, 0.15) is 5.75 Å². The number of ether oxygens (including phenoxy) is 1. The zero-order valence-electron chi connectivity index (χ0n) is 14.0. The van der Waals surface area contributed by atoms with Crippen molar-refractivity contribution in [1.29, 1.82) is 0 Å². The van der Waals surface area contributed by atoms with E-state index in [-0.39, 0.29) is 11.2 Å². The van der Waals surface area contributed by atoms with Crippen LogP contribution in [-0.2, 0) is 11.2 Å². The smallest absolute Gasteiger partial charge is 0.233 e. The molecule has 0 aliphatic carbocycles. The number of benzene rings is 1. The predicted octanol–water partition coefficient (Wildman–Crippen LogP) is 2.82. The molecule has 0 radical (unpaired) electrons. The molecule has 0 bridgehead atoms. The first kappa shape index (κ1) is 18.5. The standard InChI is InChI=1S/C16H22N4O2S2/c1-4-17-15-19-20-16(24-15)23-11(2)14(21)18-10-9-12-5-7-13(22-3)8-6-12/h5-8,11H,4,9-10H2,1-3H3,(H,17,19)(H,18,21)/t11-/m1/s1. The summed E-state index contributed by atoms with van der Waals surface area (Å²) in [7, 11) is 1.65. The number of nitrogens with one attached hydrogen (secondary N) is 2. The number of thioether (sulfide) groups is 1. The number of hydrogen-bond acceptors (Lipinski definition) is 7. The minimum atomic E-state index is -0.205. The molecule has 0 unspecified atom stereocenters. The Morgan fingerprint density at radius 2 is 2.08 bits per heavy atom. The molecule has 24 heavy (non-hydrogen) atoms. The van der Waals surface area contributed by atoms with Crippen molar-refractivity contribution in [3.8, 4) is 5.75 Å². The summed E-state index contributed by atoms with van der Waals surface area (Å²) in [5.74, 6) is 0.843. The molecule has 2 N–H and O–H groups in total. The third-order valence-electron chi connectivity index (χ3n) is 3.25. The number of amides is 1. The van der Waals surface area contributed by atoms with Crippen molar-refractivity contribution in [2.45, 2.75) is 29.9 Å². The van der Waals surface area contributed by atoms with Crippen molar-refractivity contribution < 1.29 is 9.53 Å². The summed E-state index contributed by atoms with van der Waals surface area (Å²) in [6, 6.07) is 7.86. The fraction of sp³-hybridized carbons (Fsp3) is 0.438. The molecule has 6 nitrogen and oxygen atoms in total. The lowest BCUT2D eigenvalue weighted by Gasteiger charge is -2.10. The van der Waals surface area contributed by atoms with Gasteiger partial charge in [-0.1, -0.05) is 35.2 Å². The van der Waals surface area contributed by atoms with Gasteiger partial charge in [0, 0.05) is 13.1 Å². The van der Waals surface area contributed by atoms with E-state index in [9.17, 15) is 4.79 Å². The van der Waals surface area contributed by atoms with Gasteiger partial charge in [-0.3, -0.25) is 4.79 Å².